The van der Waals surface area contributed by atoms with Crippen molar-refractivity contribution in [1.29, 1.82) is 0 Å². The minimum Gasteiger partial charge on any atom is -0.493 e. The number of methoxy groups -OCH3 is 1. The molecule has 0 aromatic heterocycles. The summed E-state index contributed by atoms with van der Waals surface area (Å²) in [6.45, 7) is 2.48. The number of hydrogen-bond acceptors (Lipinski definition) is 4. The SMILES string of the molecule is CCCOc1c(Br)cc(/C=N/NC(=O)c2ccccc2C(F)(F)F)cc1OC. The van der Waals surface area contributed by atoms with Gasteiger partial charge in [-0.3, -0.25) is 4.79 Å². The standard InChI is InChI=1S/C19H18BrF3N2O3/c1-3-8-28-17-15(20)9-12(10-16(17)27-2)11-24-25-18(26)13-6-4-5-7-14(13)19(21,22)23/h4-7,9-11H,3,8H2,1-2H3,(H,25,26)/b24-11+. The van der Waals surface area contributed by atoms with E-state index >= 15 is 0 Å². The summed E-state index contributed by atoms with van der Waals surface area (Å²) in [5.41, 5.74) is 1.13. The van der Waals surface area contributed by atoms with Crippen LogP contribution in [0.5, 0.6) is 11.5 Å². The van der Waals surface area contributed by atoms with E-state index in [2.05, 4.69) is 26.5 Å². The number of carbonyl (C=O) groups excluding carboxylic acids is 1. The van der Waals surface area contributed by atoms with Crippen molar-refractivity contribution in [3.05, 3.63) is 57.6 Å². The van der Waals surface area contributed by atoms with E-state index in [0.717, 1.165) is 18.6 Å². The molecule has 0 saturated carbocycles. The van der Waals surface area contributed by atoms with Gasteiger partial charge in [-0.2, -0.15) is 18.3 Å². The van der Waals surface area contributed by atoms with Gasteiger partial charge in [0.25, 0.3) is 5.91 Å². The van der Waals surface area contributed by atoms with Crippen molar-refractivity contribution in [2.24, 2.45) is 5.10 Å². The molecule has 0 aliphatic rings. The average molecular weight is 459 g/mol. The van der Waals surface area contributed by atoms with Crippen LogP contribution in [0.1, 0.15) is 34.8 Å². The zero-order chi connectivity index (χ0) is 20.7. The predicted molar refractivity (Wildman–Crippen MR) is 103 cm³/mol. The van der Waals surface area contributed by atoms with Crippen LogP contribution >= 0.6 is 15.9 Å². The number of halogens is 4. The number of nitrogens with zero attached hydrogens (tertiary/aromatic N) is 1. The van der Waals surface area contributed by atoms with Gasteiger partial charge in [0.2, 0.25) is 0 Å². The highest BCUT2D eigenvalue weighted by molar-refractivity contribution is 9.10. The average Bonchev–Trinajstić information content (AvgIpc) is 2.66. The van der Waals surface area contributed by atoms with Crippen LogP contribution < -0.4 is 14.9 Å². The summed E-state index contributed by atoms with van der Waals surface area (Å²) < 4.78 is 50.5. The molecule has 0 aliphatic carbocycles. The van der Waals surface area contributed by atoms with Gasteiger partial charge >= 0.3 is 6.18 Å². The fourth-order valence-corrected chi connectivity index (χ4v) is 2.89. The normalized spacial score (nSPS) is 11.5. The molecule has 0 unspecified atom stereocenters. The van der Waals surface area contributed by atoms with Gasteiger partial charge in [0.15, 0.2) is 11.5 Å². The highest BCUT2D eigenvalue weighted by Gasteiger charge is 2.34. The van der Waals surface area contributed by atoms with Crippen molar-refractivity contribution in [3.63, 3.8) is 0 Å². The van der Waals surface area contributed by atoms with Crippen LogP contribution in [0.4, 0.5) is 13.2 Å². The summed E-state index contributed by atoms with van der Waals surface area (Å²) in [5, 5.41) is 3.74. The maximum atomic E-state index is 13.0. The van der Waals surface area contributed by atoms with Crippen LogP contribution in [0.15, 0.2) is 46.0 Å². The highest BCUT2D eigenvalue weighted by Crippen LogP contribution is 2.36. The maximum Gasteiger partial charge on any atom is 0.417 e. The van der Waals surface area contributed by atoms with Gasteiger partial charge in [-0.15, -0.1) is 0 Å². The number of ether oxygens (including phenoxy) is 2. The number of carbonyl (C=O) groups is 1. The van der Waals surface area contributed by atoms with Crippen molar-refractivity contribution in [2.45, 2.75) is 19.5 Å². The molecule has 0 bridgehead atoms. The minimum atomic E-state index is -4.63. The fraction of sp³-hybridized carbons (Fsp3) is 0.263. The molecule has 0 atom stereocenters. The molecule has 0 radical (unpaired) electrons. The lowest BCUT2D eigenvalue weighted by Crippen LogP contribution is -2.22. The molecule has 9 heteroatoms. The Labute approximate surface area is 168 Å². The number of amides is 1. The monoisotopic (exact) mass is 458 g/mol. The summed E-state index contributed by atoms with van der Waals surface area (Å²) in [7, 11) is 1.48. The lowest BCUT2D eigenvalue weighted by molar-refractivity contribution is -0.137. The van der Waals surface area contributed by atoms with E-state index in [9.17, 15) is 18.0 Å². The second kappa shape index (κ2) is 9.59. The van der Waals surface area contributed by atoms with Gasteiger partial charge in [0, 0.05) is 0 Å². The number of benzene rings is 2. The number of rotatable bonds is 7. The second-order valence-electron chi connectivity index (χ2n) is 5.63. The molecule has 150 valence electrons. The first kappa shape index (κ1) is 21.7. The summed E-state index contributed by atoms with van der Waals surface area (Å²) in [5.74, 6) is 0.0285. The van der Waals surface area contributed by atoms with Crippen LogP contribution in [0.2, 0.25) is 0 Å². The Balaban J connectivity index is 2.17. The van der Waals surface area contributed by atoms with Crippen molar-refractivity contribution in [3.8, 4) is 11.5 Å². The van der Waals surface area contributed by atoms with Gasteiger partial charge in [-0.05, 0) is 52.2 Å². The van der Waals surface area contributed by atoms with Crippen LogP contribution in [0.25, 0.3) is 0 Å². The third kappa shape index (κ3) is 5.48. The molecular weight excluding hydrogens is 441 g/mol. The summed E-state index contributed by atoms with van der Waals surface area (Å²) in [6.07, 6.45) is -2.51. The quantitative estimate of drug-likeness (QED) is 0.467. The molecule has 2 aromatic rings. The minimum absolute atomic E-state index is 0.456. The fourth-order valence-electron chi connectivity index (χ4n) is 2.31. The molecular formula is C19H18BrF3N2O3. The molecule has 0 aliphatic heterocycles. The molecule has 0 saturated heterocycles. The van der Waals surface area contributed by atoms with E-state index in [0.29, 0.717) is 28.1 Å². The summed E-state index contributed by atoms with van der Waals surface area (Å²) >= 11 is 3.38. The highest BCUT2D eigenvalue weighted by atomic mass is 79.9. The Kier molecular flexibility index (Phi) is 7.45. The van der Waals surface area contributed by atoms with E-state index < -0.39 is 23.2 Å². The van der Waals surface area contributed by atoms with Crippen LogP contribution in [-0.4, -0.2) is 25.8 Å². The van der Waals surface area contributed by atoms with Gasteiger partial charge in [-0.25, -0.2) is 5.43 Å². The molecule has 0 fully saturated rings. The second-order valence-corrected chi connectivity index (χ2v) is 6.48. The first-order valence-electron chi connectivity index (χ1n) is 8.27. The van der Waals surface area contributed by atoms with Crippen molar-refractivity contribution in [2.75, 3.05) is 13.7 Å². The predicted octanol–water partition coefficient (Wildman–Crippen LogP) is 5.03. The third-order valence-electron chi connectivity index (χ3n) is 3.56. The molecule has 1 amide bonds. The van der Waals surface area contributed by atoms with Crippen LogP contribution in [0.3, 0.4) is 0 Å². The van der Waals surface area contributed by atoms with E-state index in [-0.39, 0.29) is 0 Å². The number of hydrazone groups is 1. The van der Waals surface area contributed by atoms with Crippen molar-refractivity contribution >= 4 is 28.1 Å². The Morgan fingerprint density at radius 1 is 1.29 bits per heavy atom. The number of hydrogen-bond donors (Lipinski definition) is 1. The van der Waals surface area contributed by atoms with Gasteiger partial charge in [0.05, 0.1) is 35.5 Å². The largest absolute Gasteiger partial charge is 0.493 e. The third-order valence-corrected chi connectivity index (χ3v) is 4.15. The lowest BCUT2D eigenvalue weighted by Gasteiger charge is -2.13. The zero-order valence-corrected chi connectivity index (χ0v) is 16.7. The number of alkyl halides is 3. The van der Waals surface area contributed by atoms with Gasteiger partial charge in [0.1, 0.15) is 0 Å². The first-order chi connectivity index (χ1) is 13.3. The summed E-state index contributed by atoms with van der Waals surface area (Å²) in [4.78, 5) is 12.1. The van der Waals surface area contributed by atoms with Gasteiger partial charge in [-0.1, -0.05) is 19.1 Å². The van der Waals surface area contributed by atoms with Crippen LogP contribution in [0, 0.1) is 0 Å². The Morgan fingerprint density at radius 3 is 2.64 bits per heavy atom. The Morgan fingerprint density at radius 2 is 2.00 bits per heavy atom. The summed E-state index contributed by atoms with van der Waals surface area (Å²) in [6, 6.07) is 7.82. The number of nitrogens with one attached hydrogen (secondary N) is 1. The Bertz CT molecular complexity index is 870. The first-order valence-corrected chi connectivity index (χ1v) is 9.07. The molecule has 0 spiro atoms. The molecule has 2 aromatic carbocycles. The van der Waals surface area contributed by atoms with E-state index in [1.54, 1.807) is 12.1 Å². The zero-order valence-electron chi connectivity index (χ0n) is 15.1. The topological polar surface area (TPSA) is 59.9 Å². The molecule has 2 rings (SSSR count). The maximum absolute atomic E-state index is 13.0. The van der Waals surface area contributed by atoms with Crippen LogP contribution in [-0.2, 0) is 6.18 Å². The molecule has 28 heavy (non-hydrogen) atoms. The van der Waals surface area contributed by atoms with E-state index in [1.807, 2.05) is 6.92 Å². The molecule has 5 nitrogen and oxygen atoms in total. The lowest BCUT2D eigenvalue weighted by atomic mass is 10.1. The molecule has 0 heterocycles. The Hall–Kier alpha value is -2.55. The van der Waals surface area contributed by atoms with Crippen molar-refractivity contribution in [1.82, 2.24) is 5.43 Å². The smallest absolute Gasteiger partial charge is 0.417 e. The molecule has 1 N–H and O–H groups in total. The van der Waals surface area contributed by atoms with Crippen molar-refractivity contribution < 1.29 is 27.4 Å². The van der Waals surface area contributed by atoms with E-state index in [1.165, 1.54) is 25.5 Å². The van der Waals surface area contributed by atoms with Gasteiger partial charge < -0.3 is 9.47 Å². The van der Waals surface area contributed by atoms with E-state index in [4.69, 9.17) is 9.47 Å².